The first-order chi connectivity index (χ1) is 6.50. The fourth-order valence-electron chi connectivity index (χ4n) is 1.24. The maximum absolute atomic E-state index is 2.26. The van der Waals surface area contributed by atoms with Crippen LogP contribution in [0.25, 0.3) is 0 Å². The molecule has 0 radical (unpaired) electrons. The molecule has 0 aromatic rings. The summed E-state index contributed by atoms with van der Waals surface area (Å²) in [4.78, 5) is 0. The highest BCUT2D eigenvalue weighted by Gasteiger charge is 1.79. The van der Waals surface area contributed by atoms with E-state index in [2.05, 4.69) is 48.6 Å². The first kappa shape index (κ1) is 10.0. The van der Waals surface area contributed by atoms with Crippen molar-refractivity contribution in [2.75, 3.05) is 0 Å². The van der Waals surface area contributed by atoms with E-state index >= 15 is 0 Å². The Morgan fingerprint density at radius 2 is 0.923 bits per heavy atom. The Balaban J connectivity index is 2.38. The van der Waals surface area contributed by atoms with Crippen molar-refractivity contribution < 1.29 is 0 Å². The molecule has 0 aromatic heterocycles. The first-order valence-corrected chi connectivity index (χ1v) is 5.12. The van der Waals surface area contributed by atoms with Crippen LogP contribution in [0.1, 0.15) is 32.1 Å². The molecule has 0 amide bonds. The topological polar surface area (TPSA) is 0 Å². The minimum absolute atomic E-state index is 1.09. The molecule has 70 valence electrons. The third-order valence-electron chi connectivity index (χ3n) is 1.99. The summed E-state index contributed by atoms with van der Waals surface area (Å²) in [7, 11) is 0. The van der Waals surface area contributed by atoms with Crippen molar-refractivity contribution >= 4 is 0 Å². The quantitative estimate of drug-likeness (QED) is 0.483. The fourth-order valence-corrected chi connectivity index (χ4v) is 1.24. The molecule has 1 rings (SSSR count). The van der Waals surface area contributed by atoms with Crippen LogP contribution in [0, 0.1) is 0 Å². The molecule has 0 unspecified atom stereocenters. The van der Waals surface area contributed by atoms with Crippen LogP contribution in [0.3, 0.4) is 0 Å². The van der Waals surface area contributed by atoms with Crippen LogP contribution < -0.4 is 0 Å². The van der Waals surface area contributed by atoms with Gasteiger partial charge in [-0.1, -0.05) is 48.6 Å². The van der Waals surface area contributed by atoms with Gasteiger partial charge in [0, 0.05) is 0 Å². The SMILES string of the molecule is C1=CCC/C=C\C/C=C/CCC=C1. The van der Waals surface area contributed by atoms with Crippen molar-refractivity contribution in [3.05, 3.63) is 48.6 Å². The van der Waals surface area contributed by atoms with E-state index in [9.17, 15) is 0 Å². The highest BCUT2D eigenvalue weighted by Crippen LogP contribution is 1.99. The van der Waals surface area contributed by atoms with Gasteiger partial charge in [0.1, 0.15) is 0 Å². The van der Waals surface area contributed by atoms with Crippen LogP contribution in [0.4, 0.5) is 0 Å². The third-order valence-corrected chi connectivity index (χ3v) is 1.99. The average molecular weight is 174 g/mol. The number of hydrogen-bond donors (Lipinski definition) is 0. The van der Waals surface area contributed by atoms with E-state index in [-0.39, 0.29) is 0 Å². The Morgan fingerprint density at radius 3 is 1.46 bits per heavy atom. The summed E-state index contributed by atoms with van der Waals surface area (Å²) in [6.45, 7) is 0. The highest BCUT2D eigenvalue weighted by molar-refractivity contribution is 5.04. The fraction of sp³-hybridized carbons (Fsp3) is 0.385. The van der Waals surface area contributed by atoms with Crippen LogP contribution in [0.15, 0.2) is 48.6 Å². The molecule has 0 aromatic carbocycles. The maximum atomic E-state index is 2.26. The lowest BCUT2D eigenvalue weighted by molar-refractivity contribution is 1.04. The van der Waals surface area contributed by atoms with Gasteiger partial charge >= 0.3 is 0 Å². The second-order valence-electron chi connectivity index (χ2n) is 3.19. The van der Waals surface area contributed by atoms with Crippen molar-refractivity contribution in [1.29, 1.82) is 0 Å². The lowest BCUT2D eigenvalue weighted by Crippen LogP contribution is -1.64. The van der Waals surface area contributed by atoms with Crippen molar-refractivity contribution in [2.24, 2.45) is 0 Å². The zero-order valence-electron chi connectivity index (χ0n) is 8.15. The van der Waals surface area contributed by atoms with E-state index in [1.165, 1.54) is 0 Å². The molecule has 1 aliphatic carbocycles. The molecule has 0 saturated carbocycles. The summed E-state index contributed by atoms with van der Waals surface area (Å²) in [6, 6.07) is 0. The van der Waals surface area contributed by atoms with E-state index in [1.54, 1.807) is 0 Å². The molecular weight excluding hydrogens is 156 g/mol. The van der Waals surface area contributed by atoms with Crippen LogP contribution in [-0.2, 0) is 0 Å². The van der Waals surface area contributed by atoms with Gasteiger partial charge in [-0.05, 0) is 32.1 Å². The van der Waals surface area contributed by atoms with Gasteiger partial charge < -0.3 is 0 Å². The zero-order chi connectivity index (χ0) is 9.19. The maximum Gasteiger partial charge on any atom is -0.0169 e. The second-order valence-corrected chi connectivity index (χ2v) is 3.19. The lowest BCUT2D eigenvalue weighted by Gasteiger charge is -1.85. The van der Waals surface area contributed by atoms with Gasteiger partial charge in [0.15, 0.2) is 0 Å². The van der Waals surface area contributed by atoms with E-state index in [0.717, 1.165) is 32.1 Å². The Kier molecular flexibility index (Phi) is 5.87. The minimum atomic E-state index is 1.09. The summed E-state index contributed by atoms with van der Waals surface area (Å²) in [6.07, 6.45) is 23.5. The van der Waals surface area contributed by atoms with E-state index in [0.29, 0.717) is 0 Å². The van der Waals surface area contributed by atoms with Gasteiger partial charge in [-0.15, -0.1) is 0 Å². The predicted molar refractivity (Wildman–Crippen MR) is 59.6 cm³/mol. The van der Waals surface area contributed by atoms with Crippen molar-refractivity contribution in [2.45, 2.75) is 32.1 Å². The monoisotopic (exact) mass is 174 g/mol. The molecule has 0 saturated heterocycles. The van der Waals surface area contributed by atoms with Crippen LogP contribution in [-0.4, -0.2) is 0 Å². The summed E-state index contributed by atoms with van der Waals surface area (Å²) in [5.41, 5.74) is 0. The molecule has 0 bridgehead atoms. The molecule has 0 atom stereocenters. The number of allylic oxidation sites excluding steroid dienone is 8. The Morgan fingerprint density at radius 1 is 0.462 bits per heavy atom. The largest absolute Gasteiger partial charge is 0.0879 e. The normalized spacial score (nSPS) is 24.0. The summed E-state index contributed by atoms with van der Waals surface area (Å²) >= 11 is 0. The second kappa shape index (κ2) is 7.60. The zero-order valence-corrected chi connectivity index (χ0v) is 8.15. The van der Waals surface area contributed by atoms with Crippen LogP contribution in [0.5, 0.6) is 0 Å². The van der Waals surface area contributed by atoms with Gasteiger partial charge in [-0.3, -0.25) is 0 Å². The molecular formula is C13H18. The Labute approximate surface area is 81.4 Å². The van der Waals surface area contributed by atoms with Gasteiger partial charge in [-0.2, -0.15) is 0 Å². The van der Waals surface area contributed by atoms with Gasteiger partial charge in [0.05, 0.1) is 0 Å². The number of hydrogen-bond acceptors (Lipinski definition) is 0. The van der Waals surface area contributed by atoms with Gasteiger partial charge in [0.2, 0.25) is 0 Å². The molecule has 0 nitrogen and oxygen atoms in total. The lowest BCUT2D eigenvalue weighted by atomic mass is 10.2. The molecule has 0 fully saturated rings. The minimum Gasteiger partial charge on any atom is -0.0879 e. The molecule has 0 aliphatic heterocycles. The summed E-state index contributed by atoms with van der Waals surface area (Å²) < 4.78 is 0. The van der Waals surface area contributed by atoms with Crippen molar-refractivity contribution in [1.82, 2.24) is 0 Å². The summed E-state index contributed by atoms with van der Waals surface area (Å²) in [5.74, 6) is 0. The highest BCUT2D eigenvalue weighted by atomic mass is 13.9. The van der Waals surface area contributed by atoms with Crippen LogP contribution >= 0.6 is 0 Å². The average Bonchev–Trinajstić information content (AvgIpc) is 2.18. The van der Waals surface area contributed by atoms with Gasteiger partial charge in [-0.25, -0.2) is 0 Å². The van der Waals surface area contributed by atoms with E-state index in [1.807, 2.05) is 0 Å². The molecule has 0 heteroatoms. The van der Waals surface area contributed by atoms with Gasteiger partial charge in [0.25, 0.3) is 0 Å². The molecule has 1 aliphatic rings. The first-order valence-electron chi connectivity index (χ1n) is 5.12. The Hall–Kier alpha value is -1.04. The molecule has 0 heterocycles. The van der Waals surface area contributed by atoms with Crippen molar-refractivity contribution in [3.8, 4) is 0 Å². The standard InChI is InChI=1S/C13H18/c1-2-4-6-8-10-12-13-11-9-7-5-3-1/h1-4,9-12H,5-8,13H2/b3-1?,4-2?,11-9-,12-10+. The molecule has 0 N–H and O–H groups in total. The smallest absolute Gasteiger partial charge is 0.0169 e. The Bertz CT molecular complexity index is 192. The third kappa shape index (κ3) is 6.15. The predicted octanol–water partition coefficient (Wildman–Crippen LogP) is 4.18. The van der Waals surface area contributed by atoms with E-state index < -0.39 is 0 Å². The van der Waals surface area contributed by atoms with Crippen molar-refractivity contribution in [3.63, 3.8) is 0 Å². The van der Waals surface area contributed by atoms with E-state index in [4.69, 9.17) is 0 Å². The molecule has 0 spiro atoms. The molecule has 13 heavy (non-hydrogen) atoms. The number of rotatable bonds is 0. The summed E-state index contributed by atoms with van der Waals surface area (Å²) in [5, 5.41) is 0. The van der Waals surface area contributed by atoms with Crippen LogP contribution in [0.2, 0.25) is 0 Å².